The highest BCUT2D eigenvalue weighted by molar-refractivity contribution is 5.89. The molecule has 2 aromatic rings. The molecule has 1 aliphatic heterocycles. The summed E-state index contributed by atoms with van der Waals surface area (Å²) in [7, 11) is 1.71. The zero-order valence-corrected chi connectivity index (χ0v) is 13.7. The number of hydrogen-bond donors (Lipinski definition) is 3. The highest BCUT2D eigenvalue weighted by atomic mass is 16.3. The standard InChI is InChI=1S/C15H21N7O2/c1-9-19-13-6-3-10(8-22(13)21-9)20-15(17-2)18-7-11-4-5-12(24-11)14(16)23/h4-5,10H,3,6-8H2,1-2H3,(H2,16,23)(H2,17,18,20). The third-order valence-electron chi connectivity index (χ3n) is 3.86. The molecule has 9 heteroatoms. The molecule has 1 amide bonds. The predicted molar refractivity (Wildman–Crippen MR) is 87.4 cm³/mol. The zero-order valence-electron chi connectivity index (χ0n) is 13.7. The number of carbonyl (C=O) groups excluding carboxylic acids is 1. The number of nitrogens with zero attached hydrogens (tertiary/aromatic N) is 4. The molecule has 128 valence electrons. The summed E-state index contributed by atoms with van der Waals surface area (Å²) in [5.74, 6) is 2.68. The van der Waals surface area contributed by atoms with Crippen molar-refractivity contribution in [2.45, 2.75) is 38.9 Å². The van der Waals surface area contributed by atoms with E-state index in [1.165, 1.54) is 0 Å². The number of aryl methyl sites for hydroxylation is 2. The number of aromatic nitrogens is 3. The lowest BCUT2D eigenvalue weighted by Crippen LogP contribution is -2.46. The number of nitrogens with one attached hydrogen (secondary N) is 2. The molecule has 0 spiro atoms. The van der Waals surface area contributed by atoms with Crippen LogP contribution in [0.4, 0.5) is 0 Å². The van der Waals surface area contributed by atoms with Crippen LogP contribution in [0.15, 0.2) is 21.5 Å². The molecule has 0 aliphatic carbocycles. The summed E-state index contributed by atoms with van der Waals surface area (Å²) in [6.07, 6.45) is 1.85. The number of hydrogen-bond acceptors (Lipinski definition) is 5. The number of carbonyl (C=O) groups is 1. The van der Waals surface area contributed by atoms with Crippen molar-refractivity contribution in [1.82, 2.24) is 25.4 Å². The number of guanidine groups is 1. The highest BCUT2D eigenvalue weighted by Gasteiger charge is 2.21. The van der Waals surface area contributed by atoms with Crippen LogP contribution in [0.1, 0.15) is 34.4 Å². The third-order valence-corrected chi connectivity index (χ3v) is 3.86. The first-order valence-corrected chi connectivity index (χ1v) is 7.81. The van der Waals surface area contributed by atoms with E-state index in [4.69, 9.17) is 10.2 Å². The van der Waals surface area contributed by atoms with Gasteiger partial charge in [-0.05, 0) is 25.5 Å². The summed E-state index contributed by atoms with van der Waals surface area (Å²) in [6.45, 7) is 3.06. The van der Waals surface area contributed by atoms with Crippen LogP contribution >= 0.6 is 0 Å². The maximum Gasteiger partial charge on any atom is 0.284 e. The highest BCUT2D eigenvalue weighted by Crippen LogP contribution is 2.13. The minimum absolute atomic E-state index is 0.149. The van der Waals surface area contributed by atoms with E-state index in [0.29, 0.717) is 18.3 Å². The maximum atomic E-state index is 11.0. The molecule has 1 unspecified atom stereocenters. The fourth-order valence-electron chi connectivity index (χ4n) is 2.72. The van der Waals surface area contributed by atoms with Crippen LogP contribution in [0, 0.1) is 6.92 Å². The second kappa shape index (κ2) is 6.73. The van der Waals surface area contributed by atoms with Crippen LogP contribution in [0.3, 0.4) is 0 Å². The summed E-state index contributed by atoms with van der Waals surface area (Å²) in [6, 6.07) is 3.50. The molecule has 0 fully saturated rings. The second-order valence-corrected chi connectivity index (χ2v) is 5.69. The Morgan fingerprint density at radius 2 is 2.38 bits per heavy atom. The molecular formula is C15H21N7O2. The van der Waals surface area contributed by atoms with Gasteiger partial charge in [-0.1, -0.05) is 0 Å². The van der Waals surface area contributed by atoms with Crippen LogP contribution in [0.25, 0.3) is 0 Å². The minimum atomic E-state index is -0.579. The number of amides is 1. The third kappa shape index (κ3) is 3.55. The Kier molecular flexibility index (Phi) is 4.50. The summed E-state index contributed by atoms with van der Waals surface area (Å²) in [5.41, 5.74) is 5.17. The monoisotopic (exact) mass is 331 g/mol. The average Bonchev–Trinajstić information content (AvgIpc) is 3.16. The number of aliphatic imine (C=N–C) groups is 1. The van der Waals surface area contributed by atoms with Crippen molar-refractivity contribution in [2.75, 3.05) is 7.05 Å². The van der Waals surface area contributed by atoms with Gasteiger partial charge in [0.25, 0.3) is 5.91 Å². The summed E-state index contributed by atoms with van der Waals surface area (Å²) >= 11 is 0. The molecule has 3 heterocycles. The minimum Gasteiger partial charge on any atom is -0.454 e. The van der Waals surface area contributed by atoms with E-state index in [1.54, 1.807) is 19.2 Å². The lowest BCUT2D eigenvalue weighted by atomic mass is 10.1. The molecule has 0 radical (unpaired) electrons. The van der Waals surface area contributed by atoms with Crippen LogP contribution in [0.5, 0.6) is 0 Å². The molecular weight excluding hydrogens is 310 g/mol. The first-order chi connectivity index (χ1) is 11.5. The van der Waals surface area contributed by atoms with Crippen molar-refractivity contribution < 1.29 is 9.21 Å². The Hall–Kier alpha value is -2.84. The van der Waals surface area contributed by atoms with Gasteiger partial charge in [-0.25, -0.2) is 9.67 Å². The van der Waals surface area contributed by atoms with Gasteiger partial charge in [0.15, 0.2) is 11.7 Å². The van der Waals surface area contributed by atoms with E-state index in [0.717, 1.165) is 31.0 Å². The number of rotatable bonds is 4. The van der Waals surface area contributed by atoms with Gasteiger partial charge in [-0.2, -0.15) is 5.10 Å². The lowest BCUT2D eigenvalue weighted by molar-refractivity contribution is 0.0972. The summed E-state index contributed by atoms with van der Waals surface area (Å²) < 4.78 is 7.28. The van der Waals surface area contributed by atoms with E-state index in [1.807, 2.05) is 11.6 Å². The Labute approximate surface area is 139 Å². The van der Waals surface area contributed by atoms with E-state index >= 15 is 0 Å². The van der Waals surface area contributed by atoms with Gasteiger partial charge in [0.05, 0.1) is 13.1 Å². The average molecular weight is 331 g/mol. The van der Waals surface area contributed by atoms with Crippen LogP contribution in [-0.4, -0.2) is 39.7 Å². The molecule has 3 rings (SSSR count). The van der Waals surface area contributed by atoms with Gasteiger partial charge < -0.3 is 20.8 Å². The Morgan fingerprint density at radius 1 is 1.54 bits per heavy atom. The molecule has 1 atom stereocenters. The van der Waals surface area contributed by atoms with Gasteiger partial charge in [-0.15, -0.1) is 0 Å². The number of furan rings is 1. The number of primary amides is 1. The largest absolute Gasteiger partial charge is 0.454 e. The summed E-state index contributed by atoms with van der Waals surface area (Å²) in [5, 5.41) is 10.9. The van der Waals surface area contributed by atoms with Crippen molar-refractivity contribution in [1.29, 1.82) is 0 Å². The van der Waals surface area contributed by atoms with Gasteiger partial charge in [0.2, 0.25) is 0 Å². The topological polar surface area (TPSA) is 123 Å². The number of fused-ring (bicyclic) bond motifs is 1. The van der Waals surface area contributed by atoms with Crippen molar-refractivity contribution in [3.63, 3.8) is 0 Å². The Bertz CT molecular complexity index is 762. The zero-order chi connectivity index (χ0) is 17.1. The predicted octanol–water partition coefficient (Wildman–Crippen LogP) is -0.0416. The van der Waals surface area contributed by atoms with Gasteiger partial charge >= 0.3 is 0 Å². The first kappa shape index (κ1) is 16.0. The molecule has 1 aliphatic rings. The van der Waals surface area contributed by atoms with Crippen molar-refractivity contribution >= 4 is 11.9 Å². The van der Waals surface area contributed by atoms with Crippen LogP contribution in [-0.2, 0) is 19.5 Å². The molecule has 0 aromatic carbocycles. The molecule has 0 bridgehead atoms. The second-order valence-electron chi connectivity index (χ2n) is 5.69. The molecule has 9 nitrogen and oxygen atoms in total. The Morgan fingerprint density at radius 3 is 3.08 bits per heavy atom. The van der Waals surface area contributed by atoms with Gasteiger partial charge in [-0.3, -0.25) is 9.79 Å². The molecule has 2 aromatic heterocycles. The van der Waals surface area contributed by atoms with Crippen LogP contribution < -0.4 is 16.4 Å². The van der Waals surface area contributed by atoms with Crippen LogP contribution in [0.2, 0.25) is 0 Å². The quantitative estimate of drug-likeness (QED) is 0.533. The van der Waals surface area contributed by atoms with Crippen molar-refractivity contribution in [3.05, 3.63) is 35.3 Å². The number of nitrogens with two attached hydrogens (primary N) is 1. The Balaban J connectivity index is 1.54. The lowest BCUT2D eigenvalue weighted by Gasteiger charge is -2.25. The van der Waals surface area contributed by atoms with E-state index in [9.17, 15) is 4.79 Å². The SMILES string of the molecule is CN=C(NCc1ccc(C(N)=O)o1)NC1CCc2nc(C)nn2C1. The van der Waals surface area contributed by atoms with E-state index < -0.39 is 5.91 Å². The van der Waals surface area contributed by atoms with Crippen molar-refractivity contribution in [3.8, 4) is 0 Å². The van der Waals surface area contributed by atoms with Gasteiger partial charge in [0, 0.05) is 19.5 Å². The summed E-state index contributed by atoms with van der Waals surface area (Å²) in [4.78, 5) is 19.7. The normalized spacial score (nSPS) is 17.4. The molecule has 0 saturated carbocycles. The van der Waals surface area contributed by atoms with E-state index in [2.05, 4.69) is 25.7 Å². The van der Waals surface area contributed by atoms with Crippen molar-refractivity contribution in [2.24, 2.45) is 10.7 Å². The molecule has 0 saturated heterocycles. The fraction of sp³-hybridized carbons (Fsp3) is 0.467. The maximum absolute atomic E-state index is 11.0. The first-order valence-electron chi connectivity index (χ1n) is 7.81. The molecule has 4 N–H and O–H groups in total. The van der Waals surface area contributed by atoms with E-state index in [-0.39, 0.29) is 11.8 Å². The fourth-order valence-corrected chi connectivity index (χ4v) is 2.72. The smallest absolute Gasteiger partial charge is 0.284 e. The molecule has 24 heavy (non-hydrogen) atoms. The van der Waals surface area contributed by atoms with Gasteiger partial charge in [0.1, 0.15) is 17.4 Å².